The van der Waals surface area contributed by atoms with Crippen molar-refractivity contribution in [3.8, 4) is 0 Å². The van der Waals surface area contributed by atoms with Crippen molar-refractivity contribution >= 4 is 18.3 Å². The first-order valence-electron chi connectivity index (χ1n) is 7.50. The van der Waals surface area contributed by atoms with Crippen molar-refractivity contribution in [2.75, 3.05) is 6.54 Å². The molecule has 0 spiro atoms. The van der Waals surface area contributed by atoms with Crippen molar-refractivity contribution in [2.45, 2.75) is 45.2 Å². The predicted octanol–water partition coefficient (Wildman–Crippen LogP) is 3.25. The molecule has 3 nitrogen and oxygen atoms in total. The zero-order valence-corrected chi connectivity index (χ0v) is 13.5. The maximum absolute atomic E-state index is 13.7. The van der Waals surface area contributed by atoms with Gasteiger partial charge in [-0.15, -0.1) is 12.4 Å². The van der Waals surface area contributed by atoms with Crippen LogP contribution in [0.15, 0.2) is 18.2 Å². The minimum Gasteiger partial charge on any atom is -0.338 e. The van der Waals surface area contributed by atoms with Crippen molar-refractivity contribution in [3.05, 3.63) is 35.4 Å². The number of nitrogens with two attached hydrogens (primary N) is 1. The maximum atomic E-state index is 13.7. The Hall–Kier alpha value is -1.20. The number of nitrogens with zero attached hydrogens (tertiary/aromatic N) is 1. The SMILES string of the molecule is CCN(Cc1c(F)cccc1F)C(=O)C1CCCC(N)C1.Cl. The summed E-state index contributed by atoms with van der Waals surface area (Å²) < 4.78 is 27.4. The van der Waals surface area contributed by atoms with Gasteiger partial charge in [-0.2, -0.15) is 0 Å². The first kappa shape index (κ1) is 18.8. The van der Waals surface area contributed by atoms with E-state index in [-0.39, 0.29) is 42.4 Å². The van der Waals surface area contributed by atoms with E-state index in [1.807, 2.05) is 6.92 Å². The summed E-state index contributed by atoms with van der Waals surface area (Å²) >= 11 is 0. The lowest BCUT2D eigenvalue weighted by molar-refractivity contribution is -0.137. The second kappa shape index (κ2) is 8.44. The van der Waals surface area contributed by atoms with Crippen molar-refractivity contribution < 1.29 is 13.6 Å². The molecule has 124 valence electrons. The quantitative estimate of drug-likeness (QED) is 0.920. The summed E-state index contributed by atoms with van der Waals surface area (Å²) in [4.78, 5) is 14.0. The standard InChI is InChI=1S/C16H22F2N2O.ClH/c1-2-20(10-13-14(17)7-4-8-15(13)18)16(21)11-5-3-6-12(19)9-11;/h4,7-8,11-12H,2-3,5-6,9-10,19H2,1H3;1H. The van der Waals surface area contributed by atoms with Crippen molar-refractivity contribution in [1.82, 2.24) is 4.90 Å². The number of hydrogen-bond acceptors (Lipinski definition) is 2. The van der Waals surface area contributed by atoms with E-state index in [1.165, 1.54) is 23.1 Å². The van der Waals surface area contributed by atoms with E-state index in [1.54, 1.807) is 0 Å². The van der Waals surface area contributed by atoms with E-state index in [9.17, 15) is 13.6 Å². The second-order valence-corrected chi connectivity index (χ2v) is 5.68. The average Bonchev–Trinajstić information content (AvgIpc) is 2.46. The van der Waals surface area contributed by atoms with Crippen LogP contribution in [0.4, 0.5) is 8.78 Å². The lowest BCUT2D eigenvalue weighted by Gasteiger charge is -2.31. The summed E-state index contributed by atoms with van der Waals surface area (Å²) in [6.07, 6.45) is 3.35. The molecular formula is C16H23ClF2N2O. The zero-order chi connectivity index (χ0) is 15.4. The molecule has 6 heteroatoms. The summed E-state index contributed by atoms with van der Waals surface area (Å²) in [5.74, 6) is -1.39. The summed E-state index contributed by atoms with van der Waals surface area (Å²) in [5.41, 5.74) is 5.87. The molecule has 1 aromatic carbocycles. The zero-order valence-electron chi connectivity index (χ0n) is 12.7. The molecular weight excluding hydrogens is 310 g/mol. The van der Waals surface area contributed by atoms with Crippen LogP contribution >= 0.6 is 12.4 Å². The first-order valence-corrected chi connectivity index (χ1v) is 7.50. The van der Waals surface area contributed by atoms with Crippen LogP contribution in [0.1, 0.15) is 38.2 Å². The van der Waals surface area contributed by atoms with Gasteiger partial charge in [0.1, 0.15) is 11.6 Å². The average molecular weight is 333 g/mol. The summed E-state index contributed by atoms with van der Waals surface area (Å²) in [5, 5.41) is 0. The second-order valence-electron chi connectivity index (χ2n) is 5.68. The van der Waals surface area contributed by atoms with Crippen molar-refractivity contribution in [1.29, 1.82) is 0 Å². The third-order valence-electron chi connectivity index (χ3n) is 4.17. The Balaban J connectivity index is 0.00000242. The Morgan fingerprint density at radius 3 is 2.50 bits per heavy atom. The van der Waals surface area contributed by atoms with E-state index in [4.69, 9.17) is 5.73 Å². The Morgan fingerprint density at radius 1 is 1.32 bits per heavy atom. The van der Waals surface area contributed by atoms with E-state index in [0.717, 1.165) is 19.3 Å². The molecule has 1 aliphatic rings. The van der Waals surface area contributed by atoms with Gasteiger partial charge in [-0.1, -0.05) is 12.5 Å². The van der Waals surface area contributed by atoms with Gasteiger partial charge in [0.15, 0.2) is 0 Å². The van der Waals surface area contributed by atoms with Crippen LogP contribution in [-0.2, 0) is 11.3 Å². The number of carbonyl (C=O) groups is 1. The van der Waals surface area contributed by atoms with Crippen LogP contribution in [0.25, 0.3) is 0 Å². The fraction of sp³-hybridized carbons (Fsp3) is 0.562. The van der Waals surface area contributed by atoms with Gasteiger partial charge in [-0.25, -0.2) is 8.78 Å². The summed E-state index contributed by atoms with van der Waals surface area (Å²) in [7, 11) is 0. The molecule has 0 aliphatic heterocycles. The number of halogens is 3. The fourth-order valence-electron chi connectivity index (χ4n) is 2.93. The molecule has 2 rings (SSSR count). The largest absolute Gasteiger partial charge is 0.338 e. The van der Waals surface area contributed by atoms with Crippen LogP contribution in [0.3, 0.4) is 0 Å². The molecule has 1 aromatic rings. The van der Waals surface area contributed by atoms with Gasteiger partial charge in [0, 0.05) is 24.1 Å². The lowest BCUT2D eigenvalue weighted by atomic mass is 9.85. The molecule has 0 radical (unpaired) electrons. The molecule has 0 bridgehead atoms. The molecule has 2 N–H and O–H groups in total. The van der Waals surface area contributed by atoms with Crippen LogP contribution < -0.4 is 5.73 Å². The Kier molecular flexibility index (Phi) is 7.23. The molecule has 0 aromatic heterocycles. The minimum atomic E-state index is -0.610. The highest BCUT2D eigenvalue weighted by Crippen LogP contribution is 2.26. The highest BCUT2D eigenvalue weighted by Gasteiger charge is 2.29. The number of benzene rings is 1. The molecule has 2 atom stereocenters. The van der Waals surface area contributed by atoms with Gasteiger partial charge in [0.2, 0.25) is 5.91 Å². The topological polar surface area (TPSA) is 46.3 Å². The predicted molar refractivity (Wildman–Crippen MR) is 84.6 cm³/mol. The van der Waals surface area contributed by atoms with Crippen LogP contribution in [-0.4, -0.2) is 23.4 Å². The van der Waals surface area contributed by atoms with Gasteiger partial charge >= 0.3 is 0 Å². The fourth-order valence-corrected chi connectivity index (χ4v) is 2.93. The highest BCUT2D eigenvalue weighted by molar-refractivity contribution is 5.85. The summed E-state index contributed by atoms with van der Waals surface area (Å²) in [6.45, 7) is 2.22. The van der Waals surface area contributed by atoms with Gasteiger partial charge in [-0.3, -0.25) is 4.79 Å². The molecule has 1 fully saturated rings. The molecule has 2 unspecified atom stereocenters. The van der Waals surface area contributed by atoms with Crippen LogP contribution in [0, 0.1) is 17.6 Å². The number of hydrogen-bond donors (Lipinski definition) is 1. The maximum Gasteiger partial charge on any atom is 0.226 e. The number of rotatable bonds is 4. The van der Waals surface area contributed by atoms with E-state index >= 15 is 0 Å². The normalized spacial score (nSPS) is 21.1. The van der Waals surface area contributed by atoms with E-state index in [2.05, 4.69) is 0 Å². The third kappa shape index (κ3) is 4.40. The Labute approximate surface area is 136 Å². The van der Waals surface area contributed by atoms with E-state index < -0.39 is 11.6 Å². The minimum absolute atomic E-state index is 0. The molecule has 1 aliphatic carbocycles. The van der Waals surface area contributed by atoms with Gasteiger partial charge in [0.05, 0.1) is 6.54 Å². The van der Waals surface area contributed by atoms with Crippen LogP contribution in [0.5, 0.6) is 0 Å². The molecule has 1 amide bonds. The third-order valence-corrected chi connectivity index (χ3v) is 4.17. The van der Waals surface area contributed by atoms with Crippen molar-refractivity contribution in [3.63, 3.8) is 0 Å². The highest BCUT2D eigenvalue weighted by atomic mass is 35.5. The first-order chi connectivity index (χ1) is 10.0. The molecule has 0 heterocycles. The molecule has 22 heavy (non-hydrogen) atoms. The number of amides is 1. The monoisotopic (exact) mass is 332 g/mol. The Morgan fingerprint density at radius 2 is 1.95 bits per heavy atom. The van der Waals surface area contributed by atoms with Gasteiger partial charge in [-0.05, 0) is 38.3 Å². The smallest absolute Gasteiger partial charge is 0.226 e. The molecule has 0 saturated heterocycles. The van der Waals surface area contributed by atoms with Crippen molar-refractivity contribution in [2.24, 2.45) is 11.7 Å². The molecule has 1 saturated carbocycles. The van der Waals surface area contributed by atoms with Crippen LogP contribution in [0.2, 0.25) is 0 Å². The summed E-state index contributed by atoms with van der Waals surface area (Å²) in [6, 6.07) is 3.81. The Bertz CT molecular complexity index is 493. The lowest BCUT2D eigenvalue weighted by Crippen LogP contribution is -2.40. The number of carbonyl (C=O) groups excluding carboxylic acids is 1. The van der Waals surface area contributed by atoms with Gasteiger partial charge < -0.3 is 10.6 Å². The van der Waals surface area contributed by atoms with E-state index in [0.29, 0.717) is 13.0 Å². The van der Waals surface area contributed by atoms with Gasteiger partial charge in [0.25, 0.3) is 0 Å².